The molecular weight excluding hydrogens is 421 g/mol. The fourth-order valence-corrected chi connectivity index (χ4v) is 3.50. The highest BCUT2D eigenvalue weighted by atomic mass is 19.1. The Morgan fingerprint density at radius 1 is 0.939 bits per heavy atom. The molecule has 3 aromatic carbocycles. The topological polar surface area (TPSA) is 75.6 Å². The standard InChI is InChI=1S/C27H28FNO4/c1-3-4-22-15-21(18(2)30)10-12-26(22)33-17-20-7-5-19(6-8-20)13-14-29-25-16-23(27(31)32)9-11-24(25)28/h5-12,15-16,29H,3-4,13-14,17H2,1-2H3,(H,31,32). The molecule has 3 rings (SSSR count). The first-order valence-corrected chi connectivity index (χ1v) is 11.0. The second-order valence-corrected chi connectivity index (χ2v) is 7.91. The van der Waals surface area contributed by atoms with E-state index in [0.29, 0.717) is 25.1 Å². The molecule has 0 heterocycles. The van der Waals surface area contributed by atoms with Crippen LogP contribution >= 0.6 is 0 Å². The summed E-state index contributed by atoms with van der Waals surface area (Å²) in [7, 11) is 0. The number of aromatic carboxylic acids is 1. The number of anilines is 1. The fourth-order valence-electron chi connectivity index (χ4n) is 3.50. The van der Waals surface area contributed by atoms with Crippen molar-refractivity contribution in [2.24, 2.45) is 0 Å². The van der Waals surface area contributed by atoms with Crippen LogP contribution in [-0.4, -0.2) is 23.4 Å². The van der Waals surface area contributed by atoms with Crippen molar-refractivity contribution in [1.29, 1.82) is 0 Å². The van der Waals surface area contributed by atoms with Crippen molar-refractivity contribution in [3.8, 4) is 5.75 Å². The van der Waals surface area contributed by atoms with Crippen LogP contribution in [0.1, 0.15) is 57.7 Å². The third-order valence-corrected chi connectivity index (χ3v) is 5.35. The van der Waals surface area contributed by atoms with Gasteiger partial charge in [0.25, 0.3) is 0 Å². The monoisotopic (exact) mass is 449 g/mol. The minimum Gasteiger partial charge on any atom is -0.489 e. The molecule has 0 aliphatic carbocycles. The van der Waals surface area contributed by atoms with Crippen molar-refractivity contribution in [3.05, 3.63) is 94.3 Å². The van der Waals surface area contributed by atoms with Crippen LogP contribution < -0.4 is 10.1 Å². The quantitative estimate of drug-likeness (QED) is 0.356. The van der Waals surface area contributed by atoms with Gasteiger partial charge in [0.15, 0.2) is 5.78 Å². The number of Topliss-reactive ketones (excluding diaryl/α,β-unsaturated/α-hetero) is 1. The summed E-state index contributed by atoms with van der Waals surface area (Å²) in [5.74, 6) is -0.735. The predicted molar refractivity (Wildman–Crippen MR) is 127 cm³/mol. The molecule has 33 heavy (non-hydrogen) atoms. The molecule has 0 unspecified atom stereocenters. The number of carboxylic acid groups (broad SMARTS) is 1. The number of carbonyl (C=O) groups excluding carboxylic acids is 1. The van der Waals surface area contributed by atoms with Crippen LogP contribution in [0.15, 0.2) is 60.7 Å². The lowest BCUT2D eigenvalue weighted by atomic mass is 10.0. The molecule has 5 nitrogen and oxygen atoms in total. The number of hydrogen-bond donors (Lipinski definition) is 2. The summed E-state index contributed by atoms with van der Waals surface area (Å²) in [6, 6.07) is 17.2. The highest BCUT2D eigenvalue weighted by Crippen LogP contribution is 2.23. The number of rotatable bonds is 11. The van der Waals surface area contributed by atoms with E-state index in [4.69, 9.17) is 9.84 Å². The van der Waals surface area contributed by atoms with Gasteiger partial charge in [0.05, 0.1) is 11.3 Å². The summed E-state index contributed by atoms with van der Waals surface area (Å²) in [6.45, 7) is 4.54. The summed E-state index contributed by atoms with van der Waals surface area (Å²) in [5.41, 5.74) is 4.04. The fraction of sp³-hybridized carbons (Fsp3) is 0.259. The minimum atomic E-state index is -1.09. The molecule has 0 amide bonds. The van der Waals surface area contributed by atoms with Crippen molar-refractivity contribution in [2.75, 3.05) is 11.9 Å². The number of halogens is 1. The second-order valence-electron chi connectivity index (χ2n) is 7.91. The number of hydrogen-bond acceptors (Lipinski definition) is 4. The van der Waals surface area contributed by atoms with E-state index < -0.39 is 11.8 Å². The molecule has 0 aliphatic rings. The minimum absolute atomic E-state index is 0.0429. The van der Waals surface area contributed by atoms with E-state index in [1.54, 1.807) is 13.0 Å². The highest BCUT2D eigenvalue weighted by Gasteiger charge is 2.09. The van der Waals surface area contributed by atoms with E-state index in [0.717, 1.165) is 41.3 Å². The Kier molecular flexibility index (Phi) is 8.19. The normalized spacial score (nSPS) is 10.6. The van der Waals surface area contributed by atoms with E-state index in [1.807, 2.05) is 36.4 Å². The van der Waals surface area contributed by atoms with Crippen molar-refractivity contribution in [2.45, 2.75) is 39.7 Å². The van der Waals surface area contributed by atoms with Crippen molar-refractivity contribution >= 4 is 17.4 Å². The maximum atomic E-state index is 13.9. The first-order valence-electron chi connectivity index (χ1n) is 11.0. The lowest BCUT2D eigenvalue weighted by Crippen LogP contribution is -2.08. The van der Waals surface area contributed by atoms with Gasteiger partial charge in [0, 0.05) is 12.1 Å². The van der Waals surface area contributed by atoms with E-state index in [2.05, 4.69) is 12.2 Å². The smallest absolute Gasteiger partial charge is 0.335 e. The summed E-state index contributed by atoms with van der Waals surface area (Å²) in [6.07, 6.45) is 2.47. The highest BCUT2D eigenvalue weighted by molar-refractivity contribution is 5.94. The lowest BCUT2D eigenvalue weighted by Gasteiger charge is -2.13. The summed E-state index contributed by atoms with van der Waals surface area (Å²) in [5, 5.41) is 12.0. The Bertz CT molecular complexity index is 1130. The zero-order chi connectivity index (χ0) is 23.8. The molecule has 0 radical (unpaired) electrons. The molecule has 2 N–H and O–H groups in total. The molecule has 6 heteroatoms. The lowest BCUT2D eigenvalue weighted by molar-refractivity contribution is 0.0696. The third-order valence-electron chi connectivity index (χ3n) is 5.35. The average molecular weight is 450 g/mol. The van der Waals surface area contributed by atoms with Gasteiger partial charge in [-0.1, -0.05) is 37.6 Å². The molecule has 0 fully saturated rings. The zero-order valence-corrected chi connectivity index (χ0v) is 18.9. The van der Waals surface area contributed by atoms with Crippen LogP contribution in [0.5, 0.6) is 5.75 Å². The maximum absolute atomic E-state index is 13.9. The number of nitrogens with one attached hydrogen (secondary N) is 1. The molecule has 0 bridgehead atoms. The van der Waals surface area contributed by atoms with E-state index in [1.165, 1.54) is 12.1 Å². The Morgan fingerprint density at radius 2 is 1.64 bits per heavy atom. The summed E-state index contributed by atoms with van der Waals surface area (Å²) in [4.78, 5) is 22.7. The first kappa shape index (κ1) is 24.0. The van der Waals surface area contributed by atoms with E-state index in [-0.39, 0.29) is 17.0 Å². The SMILES string of the molecule is CCCc1cc(C(C)=O)ccc1OCc1ccc(CCNc2cc(C(=O)O)ccc2F)cc1. The van der Waals surface area contributed by atoms with Crippen molar-refractivity contribution in [3.63, 3.8) is 0 Å². The molecule has 3 aromatic rings. The molecule has 172 valence electrons. The Hall–Kier alpha value is -3.67. The average Bonchev–Trinajstić information content (AvgIpc) is 2.80. The number of carbonyl (C=O) groups is 2. The molecule has 0 aliphatic heterocycles. The predicted octanol–water partition coefficient (Wildman–Crippen LogP) is 5.91. The van der Waals surface area contributed by atoms with Gasteiger partial charge in [-0.15, -0.1) is 0 Å². The number of benzene rings is 3. The zero-order valence-electron chi connectivity index (χ0n) is 18.9. The Balaban J connectivity index is 1.55. The van der Waals surface area contributed by atoms with Gasteiger partial charge < -0.3 is 15.2 Å². The number of ether oxygens (including phenoxy) is 1. The largest absolute Gasteiger partial charge is 0.489 e. The summed E-state index contributed by atoms with van der Waals surface area (Å²) < 4.78 is 19.9. The van der Waals surface area contributed by atoms with Gasteiger partial charge in [0.2, 0.25) is 0 Å². The van der Waals surface area contributed by atoms with Crippen LogP contribution in [0.3, 0.4) is 0 Å². The van der Waals surface area contributed by atoms with Gasteiger partial charge in [-0.2, -0.15) is 0 Å². The second kappa shape index (κ2) is 11.3. The molecular formula is C27H28FNO4. The number of aryl methyl sites for hydroxylation is 1. The van der Waals surface area contributed by atoms with Crippen LogP contribution in [0.2, 0.25) is 0 Å². The van der Waals surface area contributed by atoms with E-state index in [9.17, 15) is 14.0 Å². The maximum Gasteiger partial charge on any atom is 0.335 e. The molecule has 0 spiro atoms. The molecule has 0 saturated heterocycles. The Labute approximate surface area is 193 Å². The first-order chi connectivity index (χ1) is 15.9. The van der Waals surface area contributed by atoms with Crippen LogP contribution in [0.4, 0.5) is 10.1 Å². The third kappa shape index (κ3) is 6.65. The molecule has 0 saturated carbocycles. The van der Waals surface area contributed by atoms with Crippen LogP contribution in [0, 0.1) is 5.82 Å². The number of ketones is 1. The van der Waals surface area contributed by atoms with Gasteiger partial charge in [0.1, 0.15) is 18.2 Å². The number of carboxylic acids is 1. The van der Waals surface area contributed by atoms with Gasteiger partial charge in [-0.05, 0) is 72.9 Å². The van der Waals surface area contributed by atoms with Gasteiger partial charge in [-0.3, -0.25) is 4.79 Å². The van der Waals surface area contributed by atoms with Crippen LogP contribution in [0.25, 0.3) is 0 Å². The van der Waals surface area contributed by atoms with Crippen LogP contribution in [-0.2, 0) is 19.4 Å². The van der Waals surface area contributed by atoms with Crippen molar-refractivity contribution in [1.82, 2.24) is 0 Å². The molecule has 0 aromatic heterocycles. The van der Waals surface area contributed by atoms with Gasteiger partial charge in [-0.25, -0.2) is 9.18 Å². The van der Waals surface area contributed by atoms with Crippen molar-refractivity contribution < 1.29 is 23.8 Å². The van der Waals surface area contributed by atoms with E-state index >= 15 is 0 Å². The Morgan fingerprint density at radius 3 is 2.30 bits per heavy atom. The summed E-state index contributed by atoms with van der Waals surface area (Å²) >= 11 is 0. The molecule has 0 atom stereocenters. The van der Waals surface area contributed by atoms with Gasteiger partial charge >= 0.3 is 5.97 Å².